The summed E-state index contributed by atoms with van der Waals surface area (Å²) in [6, 6.07) is 4.29. The van der Waals surface area contributed by atoms with Gasteiger partial charge in [-0.25, -0.2) is 9.48 Å². The van der Waals surface area contributed by atoms with Crippen LogP contribution in [0.15, 0.2) is 21.3 Å². The number of hydrogen-bond donors (Lipinski definition) is 1. The van der Waals surface area contributed by atoms with E-state index in [4.69, 9.17) is 4.42 Å². The summed E-state index contributed by atoms with van der Waals surface area (Å²) < 4.78 is 9.05. The van der Waals surface area contributed by atoms with Gasteiger partial charge in [0.2, 0.25) is 0 Å². The van der Waals surface area contributed by atoms with Crippen molar-refractivity contribution in [2.45, 2.75) is 58.8 Å². The van der Waals surface area contributed by atoms with E-state index in [2.05, 4.69) is 24.3 Å². The minimum absolute atomic E-state index is 0.0250. The fourth-order valence-corrected chi connectivity index (χ4v) is 2.61. The van der Waals surface area contributed by atoms with Gasteiger partial charge in [0, 0.05) is 19.0 Å². The topological polar surface area (TPSA) is 65.0 Å². The van der Waals surface area contributed by atoms with Gasteiger partial charge in [-0.15, -0.1) is 0 Å². The average Bonchev–Trinajstić information content (AvgIpc) is 3.03. The van der Waals surface area contributed by atoms with E-state index in [0.29, 0.717) is 19.1 Å². The number of nitrogens with zero attached hydrogens (tertiary/aromatic N) is 3. The molecule has 0 fully saturated rings. The summed E-state index contributed by atoms with van der Waals surface area (Å²) in [7, 11) is 0. The molecule has 0 radical (unpaired) electrons. The Labute approximate surface area is 123 Å². The largest absolute Gasteiger partial charge is 0.463 e. The molecule has 3 rings (SSSR count). The molecule has 0 atom stereocenters. The van der Waals surface area contributed by atoms with Crippen molar-refractivity contribution in [1.29, 1.82) is 0 Å². The van der Waals surface area contributed by atoms with E-state index < -0.39 is 0 Å². The second kappa shape index (κ2) is 5.89. The van der Waals surface area contributed by atoms with Crippen molar-refractivity contribution in [2.75, 3.05) is 0 Å². The van der Waals surface area contributed by atoms with Gasteiger partial charge in [0.1, 0.15) is 23.9 Å². The van der Waals surface area contributed by atoms with E-state index >= 15 is 0 Å². The molecule has 0 saturated carbocycles. The van der Waals surface area contributed by atoms with Gasteiger partial charge in [-0.3, -0.25) is 4.57 Å². The number of aryl methyl sites for hydroxylation is 1. The molecule has 21 heavy (non-hydrogen) atoms. The molecule has 6 heteroatoms. The third kappa shape index (κ3) is 3.10. The van der Waals surface area contributed by atoms with E-state index in [0.717, 1.165) is 43.2 Å². The first-order chi connectivity index (χ1) is 10.1. The molecule has 0 spiro atoms. The molecule has 2 aromatic heterocycles. The van der Waals surface area contributed by atoms with Crippen molar-refractivity contribution in [3.05, 3.63) is 40.0 Å². The van der Waals surface area contributed by atoms with Crippen molar-refractivity contribution >= 4 is 0 Å². The van der Waals surface area contributed by atoms with E-state index in [1.807, 2.05) is 12.1 Å². The molecular weight excluding hydrogens is 268 g/mol. The summed E-state index contributed by atoms with van der Waals surface area (Å²) in [6.45, 7) is 6.08. The molecule has 6 nitrogen and oxygen atoms in total. The maximum Gasteiger partial charge on any atom is 0.346 e. The molecule has 114 valence electrons. The summed E-state index contributed by atoms with van der Waals surface area (Å²) in [6.07, 6.45) is 3.07. The van der Waals surface area contributed by atoms with Crippen molar-refractivity contribution < 1.29 is 4.42 Å². The second-order valence-corrected chi connectivity index (χ2v) is 5.87. The predicted molar refractivity (Wildman–Crippen MR) is 79.2 cm³/mol. The zero-order chi connectivity index (χ0) is 14.8. The molecule has 3 heterocycles. The molecule has 0 aliphatic carbocycles. The average molecular weight is 290 g/mol. The van der Waals surface area contributed by atoms with Crippen LogP contribution in [0.5, 0.6) is 0 Å². The van der Waals surface area contributed by atoms with E-state index in [1.54, 1.807) is 4.57 Å². The molecule has 0 saturated heterocycles. The van der Waals surface area contributed by atoms with Crippen molar-refractivity contribution in [2.24, 2.45) is 0 Å². The molecule has 0 unspecified atom stereocenters. The first kappa shape index (κ1) is 14.1. The Morgan fingerprint density at radius 3 is 2.90 bits per heavy atom. The van der Waals surface area contributed by atoms with Crippen molar-refractivity contribution in [1.82, 2.24) is 19.7 Å². The lowest BCUT2D eigenvalue weighted by atomic mass is 10.2. The Bertz CT molecular complexity index is 666. The van der Waals surface area contributed by atoms with Gasteiger partial charge in [-0.2, -0.15) is 5.10 Å². The summed E-state index contributed by atoms with van der Waals surface area (Å²) in [5, 5.41) is 7.73. The molecule has 0 amide bonds. The zero-order valence-corrected chi connectivity index (χ0v) is 12.6. The number of nitrogens with one attached hydrogen (secondary N) is 1. The van der Waals surface area contributed by atoms with Gasteiger partial charge < -0.3 is 9.73 Å². The highest BCUT2D eigenvalue weighted by Gasteiger charge is 2.17. The summed E-state index contributed by atoms with van der Waals surface area (Å²) >= 11 is 0. The Morgan fingerprint density at radius 2 is 2.14 bits per heavy atom. The number of hydrogen-bond acceptors (Lipinski definition) is 4. The van der Waals surface area contributed by atoms with Gasteiger partial charge in [0.25, 0.3) is 0 Å². The fraction of sp³-hybridized carbons (Fsp3) is 0.600. The van der Waals surface area contributed by atoms with Crippen molar-refractivity contribution in [3.8, 4) is 0 Å². The summed E-state index contributed by atoms with van der Waals surface area (Å²) in [5.74, 6) is 2.56. The number of furan rings is 1. The highest BCUT2D eigenvalue weighted by Crippen LogP contribution is 2.12. The zero-order valence-electron chi connectivity index (χ0n) is 12.6. The predicted octanol–water partition coefficient (Wildman–Crippen LogP) is 1.52. The highest BCUT2D eigenvalue weighted by atomic mass is 16.3. The van der Waals surface area contributed by atoms with Crippen molar-refractivity contribution in [3.63, 3.8) is 0 Å². The monoisotopic (exact) mass is 290 g/mol. The van der Waals surface area contributed by atoms with Crippen LogP contribution < -0.4 is 11.0 Å². The number of rotatable bonds is 5. The molecule has 1 aliphatic rings. The van der Waals surface area contributed by atoms with Crippen LogP contribution in [-0.2, 0) is 26.1 Å². The van der Waals surface area contributed by atoms with Crippen LogP contribution in [0.4, 0.5) is 0 Å². The third-order valence-electron chi connectivity index (χ3n) is 3.74. The smallest absolute Gasteiger partial charge is 0.346 e. The Kier molecular flexibility index (Phi) is 3.96. The summed E-state index contributed by atoms with van der Waals surface area (Å²) in [5.41, 5.74) is -0.0250. The van der Waals surface area contributed by atoms with Crippen LogP contribution in [0.2, 0.25) is 0 Å². The normalized spacial score (nSPS) is 14.6. The first-order valence-corrected chi connectivity index (χ1v) is 7.61. The lowest BCUT2D eigenvalue weighted by molar-refractivity contribution is 0.418. The molecule has 0 aromatic carbocycles. The fourth-order valence-electron chi connectivity index (χ4n) is 2.61. The van der Waals surface area contributed by atoms with Crippen LogP contribution in [0, 0.1) is 0 Å². The minimum atomic E-state index is -0.0250. The van der Waals surface area contributed by atoms with Gasteiger partial charge >= 0.3 is 5.69 Å². The molecule has 0 bridgehead atoms. The molecular formula is C15H22N4O2. The van der Waals surface area contributed by atoms with E-state index in [9.17, 15) is 4.79 Å². The highest BCUT2D eigenvalue weighted by molar-refractivity contribution is 5.07. The number of fused-ring (bicyclic) bond motifs is 1. The lowest BCUT2D eigenvalue weighted by Gasteiger charge is -2.09. The van der Waals surface area contributed by atoms with Crippen LogP contribution in [0.1, 0.15) is 44.0 Å². The lowest BCUT2D eigenvalue weighted by Crippen LogP contribution is -2.27. The maximum atomic E-state index is 12.2. The van der Waals surface area contributed by atoms with E-state index in [1.165, 1.54) is 4.68 Å². The SMILES string of the molecule is CC(C)NCc1ccc(Cn2nc3n(c2=O)CCCC3)o1. The number of aromatic nitrogens is 3. The maximum absolute atomic E-state index is 12.2. The van der Waals surface area contributed by atoms with Gasteiger partial charge in [-0.05, 0) is 25.0 Å². The summed E-state index contributed by atoms with van der Waals surface area (Å²) in [4.78, 5) is 12.2. The standard InChI is InChI=1S/C15H22N4O2/c1-11(2)16-9-12-6-7-13(21-12)10-19-15(20)18-8-4-3-5-14(18)17-19/h6-7,11,16H,3-5,8-10H2,1-2H3. The minimum Gasteiger partial charge on any atom is -0.463 e. The first-order valence-electron chi connectivity index (χ1n) is 7.61. The van der Waals surface area contributed by atoms with Gasteiger partial charge in [0.15, 0.2) is 0 Å². The third-order valence-corrected chi connectivity index (χ3v) is 3.74. The Balaban J connectivity index is 1.72. The van der Waals surface area contributed by atoms with Crippen LogP contribution in [0.3, 0.4) is 0 Å². The molecule has 1 N–H and O–H groups in total. The van der Waals surface area contributed by atoms with E-state index in [-0.39, 0.29) is 5.69 Å². The van der Waals surface area contributed by atoms with Crippen LogP contribution in [-0.4, -0.2) is 20.4 Å². The van der Waals surface area contributed by atoms with Crippen LogP contribution >= 0.6 is 0 Å². The Morgan fingerprint density at radius 1 is 1.33 bits per heavy atom. The van der Waals surface area contributed by atoms with Crippen LogP contribution in [0.25, 0.3) is 0 Å². The molecule has 1 aliphatic heterocycles. The van der Waals surface area contributed by atoms with Gasteiger partial charge in [-0.1, -0.05) is 13.8 Å². The quantitative estimate of drug-likeness (QED) is 0.907. The Hall–Kier alpha value is -1.82. The van der Waals surface area contributed by atoms with Gasteiger partial charge in [0.05, 0.1) is 6.54 Å². The second-order valence-electron chi connectivity index (χ2n) is 5.87. The molecule has 2 aromatic rings.